The monoisotopic (exact) mass is 457 g/mol. The third kappa shape index (κ3) is 4.84. The fraction of sp³-hybridized carbons (Fsp3) is 0.364. The van der Waals surface area contributed by atoms with E-state index in [0.717, 1.165) is 22.3 Å². The van der Waals surface area contributed by atoms with E-state index >= 15 is 0 Å². The maximum Gasteiger partial charge on any atom is 0.453 e. The van der Waals surface area contributed by atoms with Gasteiger partial charge in [-0.2, -0.15) is 22.0 Å². The van der Waals surface area contributed by atoms with Gasteiger partial charge in [-0.25, -0.2) is 4.79 Å². The van der Waals surface area contributed by atoms with Gasteiger partial charge >= 0.3 is 24.2 Å². The predicted octanol–water partition coefficient (Wildman–Crippen LogP) is 5.20. The lowest BCUT2D eigenvalue weighted by atomic mass is 9.95. The molecular weight excluding hydrogens is 437 g/mol. The van der Waals surface area contributed by atoms with Crippen LogP contribution in [0.2, 0.25) is 0 Å². The Balaban J connectivity index is 1.64. The summed E-state index contributed by atoms with van der Waals surface area (Å²) < 4.78 is 70.8. The average molecular weight is 457 g/mol. The fourth-order valence-corrected chi connectivity index (χ4v) is 3.80. The van der Waals surface area contributed by atoms with Crippen LogP contribution < -0.4 is 5.32 Å². The SMILES string of the molecule is O=C(O)CCC(CNC(=O)OCC1c2ccccc2-c2ccccc21)C(F)(F)C(F)(F)F. The van der Waals surface area contributed by atoms with E-state index < -0.39 is 49.5 Å². The van der Waals surface area contributed by atoms with Crippen LogP contribution in [0.25, 0.3) is 11.1 Å². The molecule has 2 N–H and O–H groups in total. The molecule has 1 unspecified atom stereocenters. The molecule has 1 aliphatic carbocycles. The molecule has 3 rings (SSSR count). The molecule has 0 spiro atoms. The summed E-state index contributed by atoms with van der Waals surface area (Å²) in [6.45, 7) is -1.23. The number of ether oxygens (including phenoxy) is 1. The van der Waals surface area contributed by atoms with Crippen LogP contribution in [0, 0.1) is 5.92 Å². The van der Waals surface area contributed by atoms with Crippen LogP contribution in [0.3, 0.4) is 0 Å². The molecule has 0 fully saturated rings. The van der Waals surface area contributed by atoms with E-state index in [4.69, 9.17) is 9.84 Å². The highest BCUT2D eigenvalue weighted by atomic mass is 19.4. The van der Waals surface area contributed by atoms with Gasteiger partial charge in [-0.3, -0.25) is 4.79 Å². The summed E-state index contributed by atoms with van der Waals surface area (Å²) in [6, 6.07) is 14.9. The van der Waals surface area contributed by atoms with E-state index in [9.17, 15) is 31.5 Å². The van der Waals surface area contributed by atoms with Crippen LogP contribution in [0.15, 0.2) is 48.5 Å². The quantitative estimate of drug-likeness (QED) is 0.534. The minimum atomic E-state index is -5.88. The first-order valence-corrected chi connectivity index (χ1v) is 9.77. The zero-order valence-electron chi connectivity index (χ0n) is 16.7. The van der Waals surface area contributed by atoms with E-state index in [2.05, 4.69) is 0 Å². The lowest BCUT2D eigenvalue weighted by molar-refractivity contribution is -0.302. The lowest BCUT2D eigenvalue weighted by Gasteiger charge is -2.28. The largest absolute Gasteiger partial charge is 0.481 e. The van der Waals surface area contributed by atoms with Gasteiger partial charge in [0.1, 0.15) is 6.61 Å². The molecule has 0 aromatic heterocycles. The molecule has 2 aromatic rings. The van der Waals surface area contributed by atoms with E-state index in [-0.39, 0.29) is 12.5 Å². The summed E-state index contributed by atoms with van der Waals surface area (Å²) in [5.74, 6) is -9.44. The molecule has 0 radical (unpaired) electrons. The van der Waals surface area contributed by atoms with Crippen molar-refractivity contribution in [1.29, 1.82) is 0 Å². The van der Waals surface area contributed by atoms with E-state index in [1.54, 1.807) is 0 Å². The summed E-state index contributed by atoms with van der Waals surface area (Å²) in [5.41, 5.74) is 3.75. The van der Waals surface area contributed by atoms with Crippen molar-refractivity contribution in [3.63, 3.8) is 0 Å². The Bertz CT molecular complexity index is 947. The Hall–Kier alpha value is -3.17. The van der Waals surface area contributed by atoms with E-state index in [1.165, 1.54) is 0 Å². The number of hydrogen-bond donors (Lipinski definition) is 2. The number of carbonyl (C=O) groups excluding carboxylic acids is 1. The smallest absolute Gasteiger partial charge is 0.453 e. The highest BCUT2D eigenvalue weighted by Crippen LogP contribution is 2.45. The topological polar surface area (TPSA) is 75.6 Å². The number of nitrogens with one attached hydrogen (secondary N) is 1. The summed E-state index contributed by atoms with van der Waals surface area (Å²) in [4.78, 5) is 22.7. The van der Waals surface area contributed by atoms with Gasteiger partial charge in [0.05, 0.1) is 5.92 Å². The van der Waals surface area contributed by atoms with Gasteiger partial charge < -0.3 is 15.2 Å². The molecule has 172 valence electrons. The number of amides is 1. The van der Waals surface area contributed by atoms with E-state index in [0.29, 0.717) is 0 Å². The van der Waals surface area contributed by atoms with Gasteiger partial charge in [-0.15, -0.1) is 0 Å². The highest BCUT2D eigenvalue weighted by molar-refractivity contribution is 5.79. The molecule has 32 heavy (non-hydrogen) atoms. The molecule has 5 nitrogen and oxygen atoms in total. The van der Waals surface area contributed by atoms with Crippen LogP contribution in [0.1, 0.15) is 29.9 Å². The number of benzene rings is 2. The van der Waals surface area contributed by atoms with Gasteiger partial charge in [-0.1, -0.05) is 48.5 Å². The fourth-order valence-electron chi connectivity index (χ4n) is 3.80. The first kappa shape index (κ1) is 23.5. The normalized spacial score (nSPS) is 14.4. The summed E-state index contributed by atoms with van der Waals surface area (Å²) in [6.07, 6.45) is -8.90. The second kappa shape index (κ2) is 9.13. The number of fused-ring (bicyclic) bond motifs is 3. The maximum atomic E-state index is 13.7. The zero-order valence-corrected chi connectivity index (χ0v) is 16.7. The van der Waals surface area contributed by atoms with Crippen molar-refractivity contribution < 1.29 is 41.4 Å². The third-order valence-corrected chi connectivity index (χ3v) is 5.43. The molecule has 0 bridgehead atoms. The van der Waals surface area contributed by atoms with Crippen LogP contribution in [-0.4, -0.2) is 42.4 Å². The Kier molecular flexibility index (Phi) is 6.71. The van der Waals surface area contributed by atoms with E-state index in [1.807, 2.05) is 53.8 Å². The molecule has 10 heteroatoms. The first-order valence-electron chi connectivity index (χ1n) is 9.77. The highest BCUT2D eigenvalue weighted by Gasteiger charge is 2.61. The Morgan fingerprint density at radius 2 is 1.50 bits per heavy atom. The number of rotatable bonds is 8. The molecular formula is C22H20F5NO4. The zero-order chi connectivity index (χ0) is 23.5. The molecule has 0 saturated heterocycles. The third-order valence-electron chi connectivity index (χ3n) is 5.43. The molecule has 1 atom stereocenters. The lowest BCUT2D eigenvalue weighted by Crippen LogP contribution is -2.48. The Morgan fingerprint density at radius 3 is 2.00 bits per heavy atom. The van der Waals surface area contributed by atoms with Gasteiger partial charge in [0, 0.05) is 18.9 Å². The summed E-state index contributed by atoms with van der Waals surface area (Å²) in [7, 11) is 0. The van der Waals surface area contributed by atoms with Gasteiger partial charge in [0.2, 0.25) is 0 Å². The van der Waals surface area contributed by atoms with Crippen LogP contribution in [0.4, 0.5) is 26.7 Å². The molecule has 1 amide bonds. The second-order valence-corrected chi connectivity index (χ2v) is 7.46. The number of alkyl halides is 5. The van der Waals surface area contributed by atoms with Crippen molar-refractivity contribution in [2.75, 3.05) is 13.2 Å². The standard InChI is InChI=1S/C22H20F5NO4/c23-21(24,22(25,26)27)13(9-10-19(29)30)11-28-20(31)32-12-18-16-7-3-1-5-14(16)15-6-2-4-8-17(15)18/h1-8,13,18H,9-12H2,(H,28,31)(H,29,30). The molecule has 0 saturated carbocycles. The number of halogens is 5. The first-order chi connectivity index (χ1) is 15.0. The second-order valence-electron chi connectivity index (χ2n) is 7.46. The van der Waals surface area contributed by atoms with Crippen LogP contribution in [-0.2, 0) is 9.53 Å². The van der Waals surface area contributed by atoms with Crippen LogP contribution >= 0.6 is 0 Å². The predicted molar refractivity (Wildman–Crippen MR) is 104 cm³/mol. The Labute approximate surface area is 180 Å². The number of carboxylic acids is 1. The number of aliphatic carboxylic acids is 1. The molecule has 0 heterocycles. The minimum Gasteiger partial charge on any atom is -0.481 e. The van der Waals surface area contributed by atoms with Gasteiger partial charge in [0.15, 0.2) is 0 Å². The molecule has 0 aliphatic heterocycles. The van der Waals surface area contributed by atoms with Gasteiger partial charge in [0.25, 0.3) is 0 Å². The number of hydrogen-bond acceptors (Lipinski definition) is 3. The number of carboxylic acid groups (broad SMARTS) is 1. The van der Waals surface area contributed by atoms with Crippen molar-refractivity contribution in [2.45, 2.75) is 30.9 Å². The minimum absolute atomic E-state index is 0.144. The van der Waals surface area contributed by atoms with Crippen molar-refractivity contribution in [2.24, 2.45) is 5.92 Å². The summed E-state index contributed by atoms with van der Waals surface area (Å²) >= 11 is 0. The van der Waals surface area contributed by atoms with Crippen LogP contribution in [0.5, 0.6) is 0 Å². The number of alkyl carbamates (subject to hydrolysis) is 1. The van der Waals surface area contributed by atoms with Crippen molar-refractivity contribution in [3.8, 4) is 11.1 Å². The molecule has 2 aromatic carbocycles. The summed E-state index contributed by atoms with van der Waals surface area (Å²) in [5, 5.41) is 10.6. The molecule has 1 aliphatic rings. The Morgan fingerprint density at radius 1 is 0.969 bits per heavy atom. The average Bonchev–Trinajstić information content (AvgIpc) is 3.05. The van der Waals surface area contributed by atoms with Crippen molar-refractivity contribution in [1.82, 2.24) is 5.32 Å². The van der Waals surface area contributed by atoms with Crippen molar-refractivity contribution in [3.05, 3.63) is 59.7 Å². The van der Waals surface area contributed by atoms with Crippen molar-refractivity contribution >= 4 is 12.1 Å². The van der Waals surface area contributed by atoms with Gasteiger partial charge in [-0.05, 0) is 28.7 Å². The maximum absolute atomic E-state index is 13.7. The number of carbonyl (C=O) groups is 2.